The van der Waals surface area contributed by atoms with E-state index in [0.29, 0.717) is 23.3 Å². The molecule has 0 spiro atoms. The lowest BCUT2D eigenvalue weighted by Gasteiger charge is -2.20. The maximum absolute atomic E-state index is 11.8. The summed E-state index contributed by atoms with van der Waals surface area (Å²) in [5.41, 5.74) is 4.99. The van der Waals surface area contributed by atoms with Gasteiger partial charge in [0.2, 0.25) is 0 Å². The van der Waals surface area contributed by atoms with E-state index in [1.54, 1.807) is 26.2 Å². The number of thioether (sulfide) groups is 1. The summed E-state index contributed by atoms with van der Waals surface area (Å²) in [6, 6.07) is 12.0. The maximum atomic E-state index is 11.8. The van der Waals surface area contributed by atoms with E-state index in [2.05, 4.69) is 5.10 Å². The van der Waals surface area contributed by atoms with Crippen molar-refractivity contribution in [3.63, 3.8) is 0 Å². The molecule has 0 aliphatic carbocycles. The molecule has 0 atom stereocenters. The van der Waals surface area contributed by atoms with E-state index in [-0.39, 0.29) is 12.4 Å². The first-order valence-electron chi connectivity index (χ1n) is 10.4. The highest BCUT2D eigenvalue weighted by Crippen LogP contribution is 2.37. The van der Waals surface area contributed by atoms with Gasteiger partial charge in [-0.05, 0) is 61.0 Å². The zero-order chi connectivity index (χ0) is 22.7. The van der Waals surface area contributed by atoms with Crippen LogP contribution in [-0.2, 0) is 16.0 Å². The van der Waals surface area contributed by atoms with Gasteiger partial charge in [-0.15, -0.1) is 5.10 Å². The van der Waals surface area contributed by atoms with Crippen LogP contribution in [0.5, 0.6) is 11.5 Å². The van der Waals surface area contributed by atoms with Gasteiger partial charge in [-0.25, -0.2) is 5.01 Å². The van der Waals surface area contributed by atoms with Gasteiger partial charge in [0.25, 0.3) is 5.23 Å². The van der Waals surface area contributed by atoms with Crippen LogP contribution in [-0.4, -0.2) is 37.7 Å². The number of benzene rings is 2. The normalized spacial score (nSPS) is 16.4. The van der Waals surface area contributed by atoms with Crippen molar-refractivity contribution >= 4 is 34.4 Å². The Morgan fingerprint density at radius 1 is 1.16 bits per heavy atom. The van der Waals surface area contributed by atoms with Crippen molar-refractivity contribution in [2.75, 3.05) is 25.8 Å². The van der Waals surface area contributed by atoms with Crippen LogP contribution < -0.4 is 14.5 Å². The third-order valence-corrected chi connectivity index (χ3v) is 6.00. The Bertz CT molecular complexity index is 1120. The number of fused-ring (bicyclic) bond motifs is 1. The first-order valence-corrected chi connectivity index (χ1v) is 11.2. The van der Waals surface area contributed by atoms with Crippen LogP contribution in [0.4, 0.5) is 5.69 Å². The molecule has 0 fully saturated rings. The Balaban J connectivity index is 1.72. The average molecular weight is 452 g/mol. The molecule has 32 heavy (non-hydrogen) atoms. The van der Waals surface area contributed by atoms with Crippen molar-refractivity contribution in [1.82, 2.24) is 0 Å². The first kappa shape index (κ1) is 22.0. The third-order valence-electron chi connectivity index (χ3n) is 5.16. The SMILES string of the molecule is CCC(=O)OC1=NN(c2ccc(C)cc2)/C(=C/C2=NCCc3cc(OC)c(OC)cc32)S1. The van der Waals surface area contributed by atoms with Crippen molar-refractivity contribution in [3.8, 4) is 11.5 Å². The summed E-state index contributed by atoms with van der Waals surface area (Å²) >= 11 is 1.30. The minimum Gasteiger partial charge on any atom is -0.493 e. The number of ether oxygens (including phenoxy) is 3. The highest BCUT2D eigenvalue weighted by Gasteiger charge is 2.27. The zero-order valence-electron chi connectivity index (χ0n) is 18.5. The van der Waals surface area contributed by atoms with Crippen molar-refractivity contribution in [2.45, 2.75) is 26.7 Å². The molecule has 0 N–H and O–H groups in total. The molecule has 7 nitrogen and oxygen atoms in total. The maximum Gasteiger partial charge on any atom is 0.312 e. The number of aliphatic imine (C=N–C) groups is 1. The van der Waals surface area contributed by atoms with Crippen molar-refractivity contribution in [2.24, 2.45) is 10.1 Å². The summed E-state index contributed by atoms with van der Waals surface area (Å²) in [7, 11) is 3.26. The van der Waals surface area contributed by atoms with E-state index in [4.69, 9.17) is 19.2 Å². The average Bonchev–Trinajstić information content (AvgIpc) is 3.20. The molecule has 0 aromatic heterocycles. The van der Waals surface area contributed by atoms with Gasteiger partial charge in [-0.2, -0.15) is 0 Å². The standard InChI is InChI=1S/C24H25N3O4S/c1-5-23(28)31-24-26-27(17-8-6-15(2)7-9-17)22(32-24)14-19-18-13-21(30-4)20(29-3)12-16(18)10-11-25-19/h6-9,12-14H,5,10-11H2,1-4H3/b22-14-. The number of carbonyl (C=O) groups excluding carboxylic acids is 1. The van der Waals surface area contributed by atoms with E-state index in [1.165, 1.54) is 11.8 Å². The second-order valence-corrected chi connectivity index (χ2v) is 8.28. The molecule has 0 amide bonds. The Morgan fingerprint density at radius 2 is 1.88 bits per heavy atom. The third kappa shape index (κ3) is 4.50. The topological polar surface area (TPSA) is 72.7 Å². The van der Waals surface area contributed by atoms with Gasteiger partial charge < -0.3 is 14.2 Å². The van der Waals surface area contributed by atoms with Crippen molar-refractivity contribution in [1.29, 1.82) is 0 Å². The molecule has 2 aromatic carbocycles. The quantitative estimate of drug-likeness (QED) is 0.615. The van der Waals surface area contributed by atoms with Crippen LogP contribution in [0.2, 0.25) is 0 Å². The van der Waals surface area contributed by atoms with Crippen LogP contribution >= 0.6 is 11.8 Å². The molecule has 0 radical (unpaired) electrons. The van der Waals surface area contributed by atoms with E-state index in [0.717, 1.165) is 39.5 Å². The molecule has 0 saturated carbocycles. The lowest BCUT2D eigenvalue weighted by atomic mass is 9.96. The van der Waals surface area contributed by atoms with E-state index >= 15 is 0 Å². The van der Waals surface area contributed by atoms with Gasteiger partial charge in [0.05, 0.1) is 25.6 Å². The van der Waals surface area contributed by atoms with Gasteiger partial charge in [-0.3, -0.25) is 9.79 Å². The summed E-state index contributed by atoms with van der Waals surface area (Å²) < 4.78 is 16.4. The minimum absolute atomic E-state index is 0.283. The largest absolute Gasteiger partial charge is 0.493 e. The van der Waals surface area contributed by atoms with Crippen LogP contribution in [0.3, 0.4) is 0 Å². The van der Waals surface area contributed by atoms with Crippen LogP contribution in [0, 0.1) is 6.92 Å². The molecule has 0 bridgehead atoms. The summed E-state index contributed by atoms with van der Waals surface area (Å²) in [5.74, 6) is 1.04. The predicted octanol–water partition coefficient (Wildman–Crippen LogP) is 4.68. The van der Waals surface area contributed by atoms with Crippen LogP contribution in [0.15, 0.2) is 57.6 Å². The molecule has 0 saturated heterocycles. The van der Waals surface area contributed by atoms with Gasteiger partial charge in [0, 0.05) is 18.5 Å². The van der Waals surface area contributed by atoms with E-state index in [1.807, 2.05) is 49.4 Å². The second kappa shape index (κ2) is 9.48. The summed E-state index contributed by atoms with van der Waals surface area (Å²) in [6.45, 7) is 4.47. The number of aryl methyl sites for hydroxylation is 1. The number of esters is 1. The summed E-state index contributed by atoms with van der Waals surface area (Å²) in [6.07, 6.45) is 3.09. The molecule has 2 heterocycles. The smallest absolute Gasteiger partial charge is 0.312 e. The van der Waals surface area contributed by atoms with Crippen LogP contribution in [0.25, 0.3) is 0 Å². The van der Waals surface area contributed by atoms with Gasteiger partial charge >= 0.3 is 5.97 Å². The molecule has 2 aromatic rings. The Kier molecular flexibility index (Phi) is 6.50. The number of anilines is 1. The van der Waals surface area contributed by atoms with Crippen molar-refractivity contribution in [3.05, 3.63) is 64.2 Å². The number of hydrogen-bond donors (Lipinski definition) is 0. The van der Waals surface area contributed by atoms with Gasteiger partial charge in [0.1, 0.15) is 5.03 Å². The van der Waals surface area contributed by atoms with Gasteiger partial charge in [0.15, 0.2) is 11.5 Å². The van der Waals surface area contributed by atoms with E-state index in [9.17, 15) is 4.79 Å². The molecule has 2 aliphatic rings. The van der Waals surface area contributed by atoms with Crippen molar-refractivity contribution < 1.29 is 19.0 Å². The first-order chi connectivity index (χ1) is 15.5. The lowest BCUT2D eigenvalue weighted by molar-refractivity contribution is -0.134. The number of methoxy groups -OCH3 is 2. The molecule has 166 valence electrons. The number of allylic oxidation sites excluding steroid dienone is 1. The number of hydrazone groups is 1. The highest BCUT2D eigenvalue weighted by atomic mass is 32.2. The molecule has 8 heteroatoms. The number of rotatable bonds is 5. The Hall–Kier alpha value is -3.26. The van der Waals surface area contributed by atoms with Crippen LogP contribution in [0.1, 0.15) is 30.0 Å². The molecule has 2 aliphatic heterocycles. The fraction of sp³-hybridized carbons (Fsp3) is 0.292. The number of hydrogen-bond acceptors (Lipinski definition) is 8. The number of carbonyl (C=O) groups is 1. The summed E-state index contributed by atoms with van der Waals surface area (Å²) in [5, 5.41) is 7.42. The highest BCUT2D eigenvalue weighted by molar-refractivity contribution is 8.17. The molecular formula is C24H25N3O4S. The predicted molar refractivity (Wildman–Crippen MR) is 128 cm³/mol. The second-order valence-electron chi connectivity index (χ2n) is 7.31. The Morgan fingerprint density at radius 3 is 2.56 bits per heavy atom. The fourth-order valence-electron chi connectivity index (χ4n) is 3.45. The zero-order valence-corrected chi connectivity index (χ0v) is 19.4. The monoisotopic (exact) mass is 451 g/mol. The summed E-state index contributed by atoms with van der Waals surface area (Å²) in [4.78, 5) is 16.6. The minimum atomic E-state index is -0.321. The molecular weight excluding hydrogens is 426 g/mol. The van der Waals surface area contributed by atoms with Gasteiger partial charge in [-0.1, -0.05) is 24.6 Å². The molecule has 4 rings (SSSR count). The van der Waals surface area contributed by atoms with E-state index < -0.39 is 0 Å². The molecule has 0 unspecified atom stereocenters. The number of nitrogens with zero attached hydrogens (tertiary/aromatic N) is 3. The Labute approximate surface area is 191 Å². The fourth-order valence-corrected chi connectivity index (χ4v) is 4.28. The lowest BCUT2D eigenvalue weighted by Crippen LogP contribution is -2.15.